The minimum atomic E-state index is -0.426. The third kappa shape index (κ3) is 3.47. The first-order valence-electron chi connectivity index (χ1n) is 9.64. The van der Waals surface area contributed by atoms with E-state index in [0.717, 1.165) is 39.4 Å². The molecule has 3 aromatic heterocycles. The second kappa shape index (κ2) is 7.41. The maximum absolute atomic E-state index is 12.9. The number of hydrogen-bond acceptors (Lipinski definition) is 6. The minimum Gasteiger partial charge on any atom is -0.266 e. The van der Waals surface area contributed by atoms with E-state index in [-0.39, 0.29) is 16.2 Å². The van der Waals surface area contributed by atoms with Crippen molar-refractivity contribution in [2.75, 3.05) is 0 Å². The Labute approximate surface area is 180 Å². The van der Waals surface area contributed by atoms with Crippen molar-refractivity contribution in [2.24, 2.45) is 0 Å². The van der Waals surface area contributed by atoms with E-state index < -0.39 is 5.56 Å². The quantitative estimate of drug-likeness (QED) is 0.442. The fraction of sp³-hybridized carbons (Fsp3) is 0.0870. The lowest BCUT2D eigenvalue weighted by Crippen LogP contribution is -2.27. The first kappa shape index (κ1) is 19.1. The first-order valence-corrected chi connectivity index (χ1v) is 10.5. The summed E-state index contributed by atoms with van der Waals surface area (Å²) in [7, 11) is 0. The van der Waals surface area contributed by atoms with Gasteiger partial charge in [-0.2, -0.15) is 19.7 Å². The molecule has 31 heavy (non-hydrogen) atoms. The molecule has 0 saturated heterocycles. The number of benzene rings is 2. The van der Waals surface area contributed by atoms with Crippen LogP contribution in [0.1, 0.15) is 16.8 Å². The zero-order chi connectivity index (χ0) is 21.5. The van der Waals surface area contributed by atoms with E-state index in [2.05, 4.69) is 10.1 Å². The fourth-order valence-corrected chi connectivity index (χ4v) is 4.16. The number of para-hydroxylation sites is 1. The van der Waals surface area contributed by atoms with Crippen molar-refractivity contribution in [3.05, 3.63) is 103 Å². The highest BCUT2D eigenvalue weighted by atomic mass is 32.1. The number of hydrogen-bond donors (Lipinski definition) is 0. The van der Waals surface area contributed by atoms with Crippen molar-refractivity contribution in [3.8, 4) is 16.9 Å². The Morgan fingerprint density at radius 2 is 1.68 bits per heavy atom. The summed E-state index contributed by atoms with van der Waals surface area (Å²) in [6.07, 6.45) is 3.68. The Balaban J connectivity index is 1.75. The Kier molecular flexibility index (Phi) is 4.56. The summed E-state index contributed by atoms with van der Waals surface area (Å²) < 4.78 is 3.41. The largest absolute Gasteiger partial charge is 0.295 e. The van der Waals surface area contributed by atoms with Gasteiger partial charge in [0.25, 0.3) is 11.1 Å². The zero-order valence-corrected chi connectivity index (χ0v) is 17.6. The van der Waals surface area contributed by atoms with Gasteiger partial charge in [-0.25, -0.2) is 4.68 Å². The molecule has 152 valence electrons. The van der Waals surface area contributed by atoms with Crippen LogP contribution in [-0.4, -0.2) is 24.4 Å². The molecule has 8 heteroatoms. The lowest BCUT2D eigenvalue weighted by atomic mass is 10.1. The molecule has 0 aliphatic heterocycles. The standard InChI is InChI=1S/C23H17N5O2S/c1-14-8-10-16(11-9-14)20-17(13-27(26-20)18-6-4-3-5-7-18)12-19-22(30)28-23(31-19)24-21(29)15(2)25-28/h3-13H,1-2H3. The van der Waals surface area contributed by atoms with E-state index in [0.29, 0.717) is 4.53 Å². The van der Waals surface area contributed by atoms with E-state index in [1.807, 2.05) is 67.7 Å². The summed E-state index contributed by atoms with van der Waals surface area (Å²) in [4.78, 5) is 28.9. The van der Waals surface area contributed by atoms with Crippen LogP contribution in [0.5, 0.6) is 0 Å². The van der Waals surface area contributed by atoms with Crippen LogP contribution in [0.3, 0.4) is 0 Å². The molecule has 0 aliphatic carbocycles. The van der Waals surface area contributed by atoms with Crippen LogP contribution in [0, 0.1) is 13.8 Å². The van der Waals surface area contributed by atoms with Crippen LogP contribution in [-0.2, 0) is 0 Å². The Bertz CT molecular complexity index is 1580. The molecule has 0 N–H and O–H groups in total. The average molecular weight is 427 g/mol. The average Bonchev–Trinajstić information content (AvgIpc) is 3.32. The Morgan fingerprint density at radius 1 is 0.935 bits per heavy atom. The molecule has 0 amide bonds. The number of nitrogens with zero attached hydrogens (tertiary/aromatic N) is 5. The summed E-state index contributed by atoms with van der Waals surface area (Å²) in [5.74, 6) is 0. The molecule has 7 nitrogen and oxygen atoms in total. The van der Waals surface area contributed by atoms with Gasteiger partial charge in [0.05, 0.1) is 15.9 Å². The number of thiazole rings is 1. The van der Waals surface area contributed by atoms with Crippen molar-refractivity contribution >= 4 is 22.4 Å². The monoisotopic (exact) mass is 427 g/mol. The summed E-state index contributed by atoms with van der Waals surface area (Å²) in [6, 6.07) is 17.9. The van der Waals surface area contributed by atoms with Crippen LogP contribution in [0.15, 0.2) is 70.4 Å². The van der Waals surface area contributed by atoms with Crippen molar-refractivity contribution in [1.29, 1.82) is 0 Å². The van der Waals surface area contributed by atoms with Gasteiger partial charge in [0.1, 0.15) is 5.69 Å². The highest BCUT2D eigenvalue weighted by molar-refractivity contribution is 7.15. The number of rotatable bonds is 3. The molecule has 0 bridgehead atoms. The lowest BCUT2D eigenvalue weighted by molar-refractivity contribution is 0.833. The lowest BCUT2D eigenvalue weighted by Gasteiger charge is -2.01. The van der Waals surface area contributed by atoms with Crippen molar-refractivity contribution in [3.63, 3.8) is 0 Å². The molecule has 5 aromatic rings. The summed E-state index contributed by atoms with van der Waals surface area (Å²) in [5, 5.41) is 8.87. The van der Waals surface area contributed by atoms with Gasteiger partial charge >= 0.3 is 0 Å². The van der Waals surface area contributed by atoms with Gasteiger partial charge in [0, 0.05) is 17.3 Å². The SMILES string of the molecule is Cc1ccc(-c2nn(-c3ccccc3)cc2C=c2sc3nc(=O)c(C)nn3c2=O)cc1. The Morgan fingerprint density at radius 3 is 2.42 bits per heavy atom. The van der Waals surface area contributed by atoms with Gasteiger partial charge in [-0.1, -0.05) is 59.4 Å². The van der Waals surface area contributed by atoms with Crippen LogP contribution >= 0.6 is 11.3 Å². The minimum absolute atomic E-state index is 0.191. The van der Waals surface area contributed by atoms with Gasteiger partial charge in [-0.3, -0.25) is 9.59 Å². The van der Waals surface area contributed by atoms with E-state index in [1.165, 1.54) is 4.52 Å². The zero-order valence-electron chi connectivity index (χ0n) is 16.8. The fourth-order valence-electron chi connectivity index (χ4n) is 3.27. The topological polar surface area (TPSA) is 82.2 Å². The highest BCUT2D eigenvalue weighted by Gasteiger charge is 2.13. The van der Waals surface area contributed by atoms with Crippen LogP contribution in [0.25, 0.3) is 28.0 Å². The molecule has 5 rings (SSSR count). The number of aryl methyl sites for hydroxylation is 2. The third-order valence-electron chi connectivity index (χ3n) is 4.92. The maximum Gasteiger partial charge on any atom is 0.295 e. The van der Waals surface area contributed by atoms with Crippen molar-refractivity contribution < 1.29 is 0 Å². The van der Waals surface area contributed by atoms with Crippen LogP contribution in [0.4, 0.5) is 0 Å². The van der Waals surface area contributed by atoms with Gasteiger partial charge < -0.3 is 0 Å². The van der Waals surface area contributed by atoms with Gasteiger partial charge in [0.15, 0.2) is 0 Å². The normalized spacial score (nSPS) is 12.0. The van der Waals surface area contributed by atoms with Gasteiger partial charge in [-0.05, 0) is 32.1 Å². The third-order valence-corrected chi connectivity index (χ3v) is 5.88. The molecular weight excluding hydrogens is 410 g/mol. The van der Waals surface area contributed by atoms with E-state index in [1.54, 1.807) is 17.7 Å². The molecule has 0 spiro atoms. The van der Waals surface area contributed by atoms with E-state index >= 15 is 0 Å². The number of fused-ring (bicyclic) bond motifs is 1. The molecule has 0 atom stereocenters. The molecule has 3 heterocycles. The highest BCUT2D eigenvalue weighted by Crippen LogP contribution is 2.25. The van der Waals surface area contributed by atoms with E-state index in [4.69, 9.17) is 5.10 Å². The van der Waals surface area contributed by atoms with Gasteiger partial charge in [-0.15, -0.1) is 0 Å². The molecule has 0 aliphatic rings. The molecule has 0 fully saturated rings. The molecule has 2 aromatic carbocycles. The number of aromatic nitrogens is 5. The predicted molar refractivity (Wildman–Crippen MR) is 121 cm³/mol. The maximum atomic E-state index is 12.9. The Hall–Kier alpha value is -3.91. The van der Waals surface area contributed by atoms with Gasteiger partial charge in [0.2, 0.25) is 4.96 Å². The van der Waals surface area contributed by atoms with Crippen molar-refractivity contribution in [1.82, 2.24) is 24.4 Å². The van der Waals surface area contributed by atoms with Crippen LogP contribution in [0.2, 0.25) is 0 Å². The van der Waals surface area contributed by atoms with Crippen molar-refractivity contribution in [2.45, 2.75) is 13.8 Å². The molecule has 0 saturated carbocycles. The second-order valence-corrected chi connectivity index (χ2v) is 8.20. The predicted octanol–water partition coefficient (Wildman–Crippen LogP) is 2.53. The van der Waals surface area contributed by atoms with E-state index in [9.17, 15) is 9.59 Å². The molecular formula is C23H17N5O2S. The molecule has 0 radical (unpaired) electrons. The second-order valence-electron chi connectivity index (χ2n) is 7.19. The summed E-state index contributed by atoms with van der Waals surface area (Å²) >= 11 is 1.14. The summed E-state index contributed by atoms with van der Waals surface area (Å²) in [6.45, 7) is 3.57. The smallest absolute Gasteiger partial charge is 0.266 e. The van der Waals surface area contributed by atoms with Crippen LogP contribution < -0.4 is 15.7 Å². The summed E-state index contributed by atoms with van der Waals surface area (Å²) in [5.41, 5.74) is 4.02. The first-order chi connectivity index (χ1) is 15.0. The molecule has 0 unspecified atom stereocenters.